The molecule has 0 saturated carbocycles. The van der Waals surface area contributed by atoms with Crippen LogP contribution in [-0.2, 0) is 6.54 Å². The average Bonchev–Trinajstić information content (AvgIpc) is 2.77. The Morgan fingerprint density at radius 2 is 1.90 bits per heavy atom. The summed E-state index contributed by atoms with van der Waals surface area (Å²) in [5, 5.41) is 5.04. The molecule has 0 fully saturated rings. The summed E-state index contributed by atoms with van der Waals surface area (Å²) in [5.41, 5.74) is 5.36. The van der Waals surface area contributed by atoms with Crippen molar-refractivity contribution in [1.29, 1.82) is 0 Å². The Morgan fingerprint density at radius 3 is 2.80 bits per heavy atom. The predicted octanol–water partition coefficient (Wildman–Crippen LogP) is 4.57. The van der Waals surface area contributed by atoms with Gasteiger partial charge in [0.1, 0.15) is 0 Å². The lowest BCUT2D eigenvalue weighted by Gasteiger charge is -2.16. The number of anilines is 1. The number of para-hydroxylation sites is 2. The molecule has 0 bridgehead atoms. The van der Waals surface area contributed by atoms with Gasteiger partial charge >= 0.3 is 0 Å². The number of nitrogens with one attached hydrogen (secondary N) is 1. The van der Waals surface area contributed by atoms with Crippen molar-refractivity contribution < 1.29 is 0 Å². The van der Waals surface area contributed by atoms with E-state index < -0.39 is 0 Å². The molecule has 0 spiro atoms. The van der Waals surface area contributed by atoms with Crippen molar-refractivity contribution in [2.75, 3.05) is 5.32 Å². The summed E-state index contributed by atoms with van der Waals surface area (Å²) < 4.78 is 2.46. The number of fused-ring (bicyclic) bond motifs is 4. The van der Waals surface area contributed by atoms with Crippen molar-refractivity contribution in [3.05, 3.63) is 65.9 Å². The van der Waals surface area contributed by atoms with Gasteiger partial charge in [0.25, 0.3) is 0 Å². The Morgan fingerprint density at radius 1 is 1.10 bits per heavy atom. The molecule has 20 heavy (non-hydrogen) atoms. The summed E-state index contributed by atoms with van der Waals surface area (Å²) in [6.45, 7) is 3.19. The Bertz CT molecular complexity index is 770. The van der Waals surface area contributed by atoms with Gasteiger partial charge in [-0.3, -0.25) is 0 Å². The third-order valence-corrected chi connectivity index (χ3v) is 4.28. The highest BCUT2D eigenvalue weighted by molar-refractivity contribution is 5.82. The third-order valence-electron chi connectivity index (χ3n) is 4.28. The molecule has 2 aromatic carbocycles. The molecule has 3 aromatic rings. The molecule has 1 N–H and O–H groups in total. The van der Waals surface area contributed by atoms with Crippen LogP contribution in [0.5, 0.6) is 0 Å². The molecule has 1 unspecified atom stereocenters. The second-order valence-corrected chi connectivity index (χ2v) is 5.48. The second-order valence-electron chi connectivity index (χ2n) is 5.48. The van der Waals surface area contributed by atoms with Crippen LogP contribution in [0.25, 0.3) is 10.9 Å². The maximum Gasteiger partial charge on any atom is 0.0663 e. The van der Waals surface area contributed by atoms with Gasteiger partial charge in [-0.1, -0.05) is 43.3 Å². The zero-order chi connectivity index (χ0) is 13.5. The number of benzene rings is 2. The number of hydrogen-bond acceptors (Lipinski definition) is 1. The summed E-state index contributed by atoms with van der Waals surface area (Å²) in [7, 11) is 0. The lowest BCUT2D eigenvalue weighted by molar-refractivity contribution is 0.680. The highest BCUT2D eigenvalue weighted by atomic mass is 15.1. The molecule has 0 amide bonds. The second kappa shape index (κ2) is 4.41. The van der Waals surface area contributed by atoms with Gasteiger partial charge < -0.3 is 9.88 Å². The molecule has 1 atom stereocenters. The van der Waals surface area contributed by atoms with Crippen molar-refractivity contribution in [3.63, 3.8) is 0 Å². The summed E-state index contributed by atoms with van der Waals surface area (Å²) >= 11 is 0. The van der Waals surface area contributed by atoms with Crippen LogP contribution in [0.4, 0.5) is 5.69 Å². The van der Waals surface area contributed by atoms with E-state index in [9.17, 15) is 0 Å². The zero-order valence-corrected chi connectivity index (χ0v) is 11.6. The van der Waals surface area contributed by atoms with Crippen LogP contribution in [0.1, 0.15) is 30.6 Å². The van der Waals surface area contributed by atoms with Crippen LogP contribution in [0, 0.1) is 0 Å². The maximum absolute atomic E-state index is 3.71. The highest BCUT2D eigenvalue weighted by Gasteiger charge is 2.21. The molecule has 100 valence electrons. The van der Waals surface area contributed by atoms with E-state index in [1.807, 2.05) is 0 Å². The first-order valence-electron chi connectivity index (χ1n) is 7.29. The monoisotopic (exact) mass is 262 g/mol. The van der Waals surface area contributed by atoms with Gasteiger partial charge in [-0.25, -0.2) is 0 Å². The molecule has 2 heteroatoms. The quantitative estimate of drug-likeness (QED) is 0.680. The number of aromatic nitrogens is 1. The molecule has 0 aliphatic carbocycles. The average molecular weight is 262 g/mol. The fourth-order valence-corrected chi connectivity index (χ4v) is 3.24. The van der Waals surface area contributed by atoms with Gasteiger partial charge in [-0.2, -0.15) is 0 Å². The van der Waals surface area contributed by atoms with Crippen molar-refractivity contribution in [2.45, 2.75) is 25.9 Å². The largest absolute Gasteiger partial charge is 0.376 e. The van der Waals surface area contributed by atoms with Gasteiger partial charge in [0.2, 0.25) is 0 Å². The van der Waals surface area contributed by atoms with Crippen LogP contribution in [0.3, 0.4) is 0 Å². The van der Waals surface area contributed by atoms with Crippen molar-refractivity contribution in [2.24, 2.45) is 0 Å². The molecule has 2 heterocycles. The first-order valence-corrected chi connectivity index (χ1v) is 7.29. The Balaban J connectivity index is 1.98. The Kier molecular flexibility index (Phi) is 2.56. The lowest BCUT2D eigenvalue weighted by atomic mass is 10.1. The molecule has 1 aromatic heterocycles. The molecule has 2 nitrogen and oxygen atoms in total. The Labute approximate surface area is 119 Å². The fraction of sp³-hybridized carbons (Fsp3) is 0.222. The molecule has 4 rings (SSSR count). The molecule has 1 aliphatic heterocycles. The topological polar surface area (TPSA) is 17.0 Å². The minimum atomic E-state index is 0.381. The summed E-state index contributed by atoms with van der Waals surface area (Å²) in [4.78, 5) is 0. The predicted molar refractivity (Wildman–Crippen MR) is 84.1 cm³/mol. The van der Waals surface area contributed by atoms with Crippen molar-refractivity contribution >= 4 is 16.6 Å². The molecule has 0 radical (unpaired) electrons. The molecule has 0 saturated heterocycles. The number of rotatable bonds is 1. The summed E-state index contributed by atoms with van der Waals surface area (Å²) in [6.07, 6.45) is 1.09. The maximum atomic E-state index is 3.71. The lowest BCUT2D eigenvalue weighted by Crippen LogP contribution is -2.11. The van der Waals surface area contributed by atoms with E-state index >= 15 is 0 Å². The van der Waals surface area contributed by atoms with E-state index in [1.165, 1.54) is 27.8 Å². The van der Waals surface area contributed by atoms with Crippen LogP contribution in [-0.4, -0.2) is 4.57 Å². The zero-order valence-electron chi connectivity index (χ0n) is 11.6. The van der Waals surface area contributed by atoms with Crippen molar-refractivity contribution in [3.8, 4) is 0 Å². The van der Waals surface area contributed by atoms with Crippen LogP contribution in [0.2, 0.25) is 0 Å². The van der Waals surface area contributed by atoms with Gasteiger partial charge in [0.15, 0.2) is 0 Å². The number of nitrogens with zero attached hydrogens (tertiary/aromatic N) is 1. The first-order chi connectivity index (χ1) is 9.86. The van der Waals surface area contributed by atoms with E-state index in [2.05, 4.69) is 71.4 Å². The van der Waals surface area contributed by atoms with Crippen LogP contribution >= 0.6 is 0 Å². The third kappa shape index (κ3) is 1.64. The van der Waals surface area contributed by atoms with Gasteiger partial charge in [0, 0.05) is 23.4 Å². The fourth-order valence-electron chi connectivity index (χ4n) is 3.24. The van der Waals surface area contributed by atoms with Crippen LogP contribution in [0.15, 0.2) is 54.6 Å². The standard InChI is InChI=1S/C18H18N2/c1-2-15-18-11-13-7-4-6-10-17(13)20(18)12-14-8-3-5-9-16(14)19-15/h3-11,15,19H,2,12H2,1H3. The normalized spacial score (nSPS) is 17.1. The molecular formula is C18H18N2. The first kappa shape index (κ1) is 11.6. The van der Waals surface area contributed by atoms with Crippen molar-refractivity contribution in [1.82, 2.24) is 4.57 Å². The smallest absolute Gasteiger partial charge is 0.0663 e. The minimum absolute atomic E-state index is 0.381. The van der Waals surface area contributed by atoms with E-state index in [-0.39, 0.29) is 0 Å². The summed E-state index contributed by atoms with van der Waals surface area (Å²) in [5.74, 6) is 0. The summed E-state index contributed by atoms with van der Waals surface area (Å²) in [6, 6.07) is 20.0. The highest BCUT2D eigenvalue weighted by Crippen LogP contribution is 2.34. The van der Waals surface area contributed by atoms with Gasteiger partial charge in [0.05, 0.1) is 6.04 Å². The van der Waals surface area contributed by atoms with E-state index in [0.29, 0.717) is 6.04 Å². The molecule has 1 aliphatic rings. The van der Waals surface area contributed by atoms with Gasteiger partial charge in [-0.15, -0.1) is 0 Å². The van der Waals surface area contributed by atoms with E-state index in [4.69, 9.17) is 0 Å². The van der Waals surface area contributed by atoms with Gasteiger partial charge in [-0.05, 0) is 35.6 Å². The van der Waals surface area contributed by atoms with Crippen LogP contribution < -0.4 is 5.32 Å². The van der Waals surface area contributed by atoms with E-state index in [1.54, 1.807) is 0 Å². The number of hydrogen-bond donors (Lipinski definition) is 1. The SMILES string of the molecule is CCC1Nc2ccccc2Cn2c1cc1ccccc12. The minimum Gasteiger partial charge on any atom is -0.376 e. The molecular weight excluding hydrogens is 244 g/mol. The van der Waals surface area contributed by atoms with E-state index in [0.717, 1.165) is 13.0 Å². The Hall–Kier alpha value is -2.22.